The third kappa shape index (κ3) is 2.29. The number of amides is 1. The Morgan fingerprint density at radius 1 is 1.44 bits per heavy atom. The van der Waals surface area contributed by atoms with Crippen LogP contribution in [0.4, 0.5) is 0 Å². The summed E-state index contributed by atoms with van der Waals surface area (Å²) < 4.78 is 0. The third-order valence-electron chi connectivity index (χ3n) is 4.15. The number of aromatic nitrogens is 1. The van der Waals surface area contributed by atoms with Crippen molar-refractivity contribution in [3.8, 4) is 0 Å². The van der Waals surface area contributed by atoms with Crippen molar-refractivity contribution in [1.82, 2.24) is 15.2 Å². The summed E-state index contributed by atoms with van der Waals surface area (Å²) in [6.45, 7) is 4.01. The summed E-state index contributed by atoms with van der Waals surface area (Å²) in [5.74, 6) is 0.169. The maximum Gasteiger partial charge on any atom is 0.265 e. The summed E-state index contributed by atoms with van der Waals surface area (Å²) in [6, 6.07) is 0. The lowest BCUT2D eigenvalue weighted by molar-refractivity contribution is 0.0438. The highest BCUT2D eigenvalue weighted by Crippen LogP contribution is 2.36. The molecule has 0 bridgehead atoms. The van der Waals surface area contributed by atoms with Crippen molar-refractivity contribution in [3.63, 3.8) is 0 Å². The normalized spacial score (nSPS) is 28.6. The van der Waals surface area contributed by atoms with Gasteiger partial charge in [0.1, 0.15) is 4.88 Å². The van der Waals surface area contributed by atoms with Crippen molar-refractivity contribution < 1.29 is 4.79 Å². The Hall–Kier alpha value is -0.940. The lowest BCUT2D eigenvalue weighted by atomic mass is 9.74. The second-order valence-corrected chi connectivity index (χ2v) is 6.36. The second kappa shape index (κ2) is 4.97. The number of hydrogen-bond donors (Lipinski definition) is 1. The standard InChI is InChI=1S/C13H19N3OS/c17-12(11-7-15-10-18-11)16-6-2-4-13(9-16)3-1-5-14-8-13/h7,10,14H,1-6,8-9H2. The second-order valence-electron chi connectivity index (χ2n) is 5.48. The lowest BCUT2D eigenvalue weighted by Gasteiger charge is -2.45. The summed E-state index contributed by atoms with van der Waals surface area (Å²) in [7, 11) is 0. The fraction of sp³-hybridized carbons (Fsp3) is 0.692. The monoisotopic (exact) mass is 265 g/mol. The molecule has 0 saturated carbocycles. The van der Waals surface area contributed by atoms with Crippen LogP contribution >= 0.6 is 11.3 Å². The van der Waals surface area contributed by atoms with Gasteiger partial charge in [-0.05, 0) is 32.2 Å². The molecule has 1 unspecified atom stereocenters. The average Bonchev–Trinajstić information content (AvgIpc) is 2.93. The van der Waals surface area contributed by atoms with Crippen LogP contribution in [0.2, 0.25) is 0 Å². The summed E-state index contributed by atoms with van der Waals surface area (Å²) in [6.07, 6.45) is 6.57. The van der Waals surface area contributed by atoms with Crippen LogP contribution in [-0.2, 0) is 0 Å². The van der Waals surface area contributed by atoms with E-state index in [1.165, 1.54) is 30.6 Å². The first-order valence-corrected chi connectivity index (χ1v) is 7.56. The van der Waals surface area contributed by atoms with Crippen molar-refractivity contribution in [2.45, 2.75) is 25.7 Å². The van der Waals surface area contributed by atoms with Crippen molar-refractivity contribution in [3.05, 3.63) is 16.6 Å². The molecular formula is C13H19N3OS. The first kappa shape index (κ1) is 12.1. The molecule has 1 N–H and O–H groups in total. The summed E-state index contributed by atoms with van der Waals surface area (Å²) in [5.41, 5.74) is 2.06. The van der Waals surface area contributed by atoms with E-state index in [0.717, 1.165) is 37.5 Å². The highest BCUT2D eigenvalue weighted by atomic mass is 32.1. The minimum atomic E-state index is 0.169. The average molecular weight is 265 g/mol. The van der Waals surface area contributed by atoms with Crippen LogP contribution in [0.15, 0.2) is 11.7 Å². The van der Waals surface area contributed by atoms with E-state index in [1.54, 1.807) is 11.7 Å². The number of piperidine rings is 2. The molecule has 5 heteroatoms. The molecule has 1 spiro atoms. The van der Waals surface area contributed by atoms with E-state index in [0.29, 0.717) is 5.41 Å². The van der Waals surface area contributed by atoms with Gasteiger partial charge in [0, 0.05) is 25.0 Å². The molecule has 1 amide bonds. The van der Waals surface area contributed by atoms with Crippen LogP contribution < -0.4 is 5.32 Å². The van der Waals surface area contributed by atoms with Crippen molar-refractivity contribution >= 4 is 17.2 Å². The Morgan fingerprint density at radius 2 is 2.33 bits per heavy atom. The number of carbonyl (C=O) groups is 1. The molecule has 18 heavy (non-hydrogen) atoms. The van der Waals surface area contributed by atoms with Crippen LogP contribution in [0.1, 0.15) is 35.4 Å². The third-order valence-corrected chi connectivity index (χ3v) is 4.91. The highest BCUT2D eigenvalue weighted by Gasteiger charge is 2.38. The number of thiazole rings is 1. The summed E-state index contributed by atoms with van der Waals surface area (Å²) in [4.78, 5) is 19.2. The van der Waals surface area contributed by atoms with Gasteiger partial charge in [0.15, 0.2) is 0 Å². The highest BCUT2D eigenvalue weighted by molar-refractivity contribution is 7.11. The Morgan fingerprint density at radius 3 is 3.06 bits per heavy atom. The number of nitrogens with one attached hydrogen (secondary N) is 1. The molecule has 2 aliphatic heterocycles. The van der Waals surface area contributed by atoms with E-state index < -0.39 is 0 Å². The van der Waals surface area contributed by atoms with Gasteiger partial charge >= 0.3 is 0 Å². The van der Waals surface area contributed by atoms with E-state index in [-0.39, 0.29) is 5.91 Å². The molecule has 4 nitrogen and oxygen atoms in total. The molecule has 1 aromatic heterocycles. The van der Waals surface area contributed by atoms with Gasteiger partial charge < -0.3 is 10.2 Å². The van der Waals surface area contributed by atoms with Crippen molar-refractivity contribution in [2.75, 3.05) is 26.2 Å². The van der Waals surface area contributed by atoms with Gasteiger partial charge in [-0.2, -0.15) is 0 Å². The number of rotatable bonds is 1. The minimum Gasteiger partial charge on any atom is -0.337 e. The predicted molar refractivity (Wildman–Crippen MR) is 71.8 cm³/mol. The molecule has 98 valence electrons. The van der Waals surface area contributed by atoms with E-state index in [9.17, 15) is 4.79 Å². The van der Waals surface area contributed by atoms with Gasteiger partial charge in [-0.3, -0.25) is 9.78 Å². The van der Waals surface area contributed by atoms with Crippen LogP contribution in [0.5, 0.6) is 0 Å². The summed E-state index contributed by atoms with van der Waals surface area (Å²) >= 11 is 1.44. The smallest absolute Gasteiger partial charge is 0.265 e. The van der Waals surface area contributed by atoms with Crippen LogP contribution in [-0.4, -0.2) is 42.0 Å². The SMILES string of the molecule is O=C(c1cncs1)N1CCCC2(CCCNC2)C1. The van der Waals surface area contributed by atoms with Crippen LogP contribution in [0, 0.1) is 5.41 Å². The topological polar surface area (TPSA) is 45.2 Å². The lowest BCUT2D eigenvalue weighted by Crippen LogP contribution is -2.52. The quantitative estimate of drug-likeness (QED) is 0.841. The Bertz CT molecular complexity index is 406. The first-order valence-electron chi connectivity index (χ1n) is 6.68. The molecule has 3 rings (SSSR count). The van der Waals surface area contributed by atoms with E-state index >= 15 is 0 Å². The Labute approximate surface area is 111 Å². The number of carbonyl (C=O) groups excluding carboxylic acids is 1. The molecule has 2 saturated heterocycles. The van der Waals surface area contributed by atoms with E-state index in [4.69, 9.17) is 0 Å². The molecule has 3 heterocycles. The van der Waals surface area contributed by atoms with Gasteiger partial charge in [-0.1, -0.05) is 0 Å². The van der Waals surface area contributed by atoms with Gasteiger partial charge in [0.25, 0.3) is 5.91 Å². The van der Waals surface area contributed by atoms with Crippen molar-refractivity contribution in [1.29, 1.82) is 0 Å². The molecule has 2 fully saturated rings. The maximum absolute atomic E-state index is 12.4. The number of likely N-dealkylation sites (tertiary alicyclic amines) is 1. The van der Waals surface area contributed by atoms with Gasteiger partial charge in [0.2, 0.25) is 0 Å². The van der Waals surface area contributed by atoms with Gasteiger partial charge in [-0.25, -0.2) is 0 Å². The maximum atomic E-state index is 12.4. The largest absolute Gasteiger partial charge is 0.337 e. The first-order chi connectivity index (χ1) is 8.79. The Kier molecular flexibility index (Phi) is 3.35. The molecular weight excluding hydrogens is 246 g/mol. The van der Waals surface area contributed by atoms with Gasteiger partial charge in [-0.15, -0.1) is 11.3 Å². The van der Waals surface area contributed by atoms with E-state index in [1.807, 2.05) is 4.90 Å². The van der Waals surface area contributed by atoms with Gasteiger partial charge in [0.05, 0.1) is 11.7 Å². The zero-order valence-electron chi connectivity index (χ0n) is 10.5. The molecule has 1 atom stereocenters. The minimum absolute atomic E-state index is 0.169. The zero-order chi connectivity index (χ0) is 12.4. The van der Waals surface area contributed by atoms with Crippen LogP contribution in [0.25, 0.3) is 0 Å². The number of nitrogens with zero attached hydrogens (tertiary/aromatic N) is 2. The zero-order valence-corrected chi connectivity index (χ0v) is 11.3. The van der Waals surface area contributed by atoms with Crippen molar-refractivity contribution in [2.24, 2.45) is 5.41 Å². The Balaban J connectivity index is 1.72. The molecule has 0 radical (unpaired) electrons. The molecule has 2 aliphatic rings. The number of hydrogen-bond acceptors (Lipinski definition) is 4. The van der Waals surface area contributed by atoms with E-state index in [2.05, 4.69) is 10.3 Å². The van der Waals surface area contributed by atoms with Crippen LogP contribution in [0.3, 0.4) is 0 Å². The summed E-state index contributed by atoms with van der Waals surface area (Å²) in [5, 5.41) is 3.49. The predicted octanol–water partition coefficient (Wildman–Crippen LogP) is 1.75. The molecule has 0 aliphatic carbocycles. The fourth-order valence-electron chi connectivity index (χ4n) is 3.24. The molecule has 0 aromatic carbocycles. The molecule has 1 aromatic rings. The fourth-order valence-corrected chi connectivity index (χ4v) is 3.82.